The molecule has 0 unspecified atom stereocenters. The number of nitrogens with one attached hydrogen (secondary N) is 1. The monoisotopic (exact) mass is 256 g/mol. The van der Waals surface area contributed by atoms with Crippen molar-refractivity contribution in [3.8, 4) is 0 Å². The van der Waals surface area contributed by atoms with Crippen molar-refractivity contribution in [1.82, 2.24) is 5.32 Å². The van der Waals surface area contributed by atoms with Gasteiger partial charge in [-0.25, -0.2) is 4.39 Å². The Morgan fingerprint density at radius 2 is 2.00 bits per heavy atom. The minimum atomic E-state index is -0.354. The summed E-state index contributed by atoms with van der Waals surface area (Å²) in [6, 6.07) is 4.94. The van der Waals surface area contributed by atoms with Crippen LogP contribution in [0.15, 0.2) is 18.2 Å². The maximum absolute atomic E-state index is 13.1. The lowest BCUT2D eigenvalue weighted by molar-refractivity contribution is 0.305. The molecular formula is C13H18ClFN2. The fraction of sp³-hybridized carbons (Fsp3) is 0.538. The van der Waals surface area contributed by atoms with Gasteiger partial charge in [-0.1, -0.05) is 11.6 Å². The molecule has 1 aromatic rings. The van der Waals surface area contributed by atoms with E-state index in [0.717, 1.165) is 31.6 Å². The Morgan fingerprint density at radius 1 is 1.35 bits per heavy atom. The molecule has 0 saturated carbocycles. The first-order valence-electron chi connectivity index (χ1n) is 5.93. The maximum atomic E-state index is 13.1. The number of anilines is 1. The van der Waals surface area contributed by atoms with Gasteiger partial charge in [0.15, 0.2) is 0 Å². The van der Waals surface area contributed by atoms with Crippen LogP contribution in [0.2, 0.25) is 5.02 Å². The van der Waals surface area contributed by atoms with Crippen LogP contribution in [0.3, 0.4) is 0 Å². The van der Waals surface area contributed by atoms with Crippen molar-refractivity contribution in [1.29, 1.82) is 0 Å². The Kier molecular flexibility index (Phi) is 3.59. The summed E-state index contributed by atoms with van der Waals surface area (Å²) >= 11 is 5.80. The van der Waals surface area contributed by atoms with E-state index in [1.165, 1.54) is 6.07 Å². The molecule has 1 saturated heterocycles. The second kappa shape index (κ2) is 4.83. The normalized spacial score (nSPS) is 19.4. The zero-order valence-corrected chi connectivity index (χ0v) is 11.0. The van der Waals surface area contributed by atoms with Gasteiger partial charge >= 0.3 is 0 Å². The number of piperidine rings is 1. The number of halogens is 2. The van der Waals surface area contributed by atoms with Gasteiger partial charge in [0.25, 0.3) is 0 Å². The highest BCUT2D eigenvalue weighted by molar-refractivity contribution is 6.31. The van der Waals surface area contributed by atoms with E-state index in [4.69, 9.17) is 11.6 Å². The highest BCUT2D eigenvalue weighted by atomic mass is 35.5. The Balaban J connectivity index is 2.08. The number of hydrogen-bond donors (Lipinski definition) is 1. The zero-order valence-electron chi connectivity index (χ0n) is 10.3. The highest BCUT2D eigenvalue weighted by Gasteiger charge is 2.28. The molecule has 0 aliphatic carbocycles. The van der Waals surface area contributed by atoms with Crippen molar-refractivity contribution < 1.29 is 4.39 Å². The molecule has 0 bridgehead atoms. The summed E-state index contributed by atoms with van der Waals surface area (Å²) in [5.74, 6) is -0.354. The van der Waals surface area contributed by atoms with Gasteiger partial charge in [0, 0.05) is 24.3 Å². The van der Waals surface area contributed by atoms with Crippen LogP contribution in [0.4, 0.5) is 10.1 Å². The van der Waals surface area contributed by atoms with E-state index >= 15 is 0 Å². The van der Waals surface area contributed by atoms with Crippen molar-refractivity contribution in [3.05, 3.63) is 29.0 Å². The summed E-state index contributed by atoms with van der Waals surface area (Å²) in [5, 5.41) is 3.56. The molecular weight excluding hydrogens is 239 g/mol. The molecule has 1 aliphatic heterocycles. The van der Waals surface area contributed by atoms with Crippen LogP contribution in [0.5, 0.6) is 0 Å². The summed E-state index contributed by atoms with van der Waals surface area (Å²) in [4.78, 5) is 2.25. The lowest BCUT2D eigenvalue weighted by atomic mass is 9.89. The Bertz CT molecular complexity index is 400. The largest absolute Gasteiger partial charge is 0.371 e. The summed E-state index contributed by atoms with van der Waals surface area (Å²) < 4.78 is 13.1. The van der Waals surface area contributed by atoms with Gasteiger partial charge in [-0.3, -0.25) is 0 Å². The van der Waals surface area contributed by atoms with E-state index in [2.05, 4.69) is 17.1 Å². The molecule has 94 valence electrons. The van der Waals surface area contributed by atoms with Crippen molar-refractivity contribution in [3.63, 3.8) is 0 Å². The lowest BCUT2D eigenvalue weighted by Gasteiger charge is -2.40. The second-order valence-corrected chi connectivity index (χ2v) is 5.30. The van der Waals surface area contributed by atoms with Crippen molar-refractivity contribution >= 4 is 17.3 Å². The molecule has 0 amide bonds. The van der Waals surface area contributed by atoms with Crippen molar-refractivity contribution in [2.45, 2.75) is 25.3 Å². The smallest absolute Gasteiger partial charge is 0.141 e. The molecule has 1 aliphatic rings. The Hall–Kier alpha value is -0.800. The summed E-state index contributed by atoms with van der Waals surface area (Å²) in [6.07, 6.45) is 2.16. The molecule has 1 N–H and O–H groups in total. The number of benzene rings is 1. The molecule has 2 nitrogen and oxygen atoms in total. The van der Waals surface area contributed by atoms with Crippen LogP contribution in [0, 0.1) is 5.82 Å². The molecule has 1 heterocycles. The highest BCUT2D eigenvalue weighted by Crippen LogP contribution is 2.28. The molecule has 1 aromatic carbocycles. The van der Waals surface area contributed by atoms with E-state index in [0.29, 0.717) is 0 Å². The van der Waals surface area contributed by atoms with E-state index in [9.17, 15) is 4.39 Å². The molecule has 17 heavy (non-hydrogen) atoms. The first-order chi connectivity index (χ1) is 8.04. The van der Waals surface area contributed by atoms with E-state index in [1.807, 2.05) is 7.05 Å². The molecule has 0 radical (unpaired) electrons. The van der Waals surface area contributed by atoms with E-state index in [1.54, 1.807) is 12.1 Å². The second-order valence-electron chi connectivity index (χ2n) is 4.90. The molecule has 1 fully saturated rings. The van der Waals surface area contributed by atoms with Gasteiger partial charge in [-0.15, -0.1) is 0 Å². The van der Waals surface area contributed by atoms with Gasteiger partial charge in [0.1, 0.15) is 5.82 Å². The fourth-order valence-corrected chi connectivity index (χ4v) is 2.36. The van der Waals surface area contributed by atoms with E-state index in [-0.39, 0.29) is 16.4 Å². The third-order valence-corrected chi connectivity index (χ3v) is 4.03. The fourth-order valence-electron chi connectivity index (χ4n) is 2.19. The third-order valence-electron chi connectivity index (χ3n) is 3.74. The average Bonchev–Trinajstić information content (AvgIpc) is 2.34. The number of hydrogen-bond acceptors (Lipinski definition) is 2. The molecule has 2 rings (SSSR count). The van der Waals surface area contributed by atoms with Gasteiger partial charge in [-0.05, 0) is 45.0 Å². The molecule has 4 heteroatoms. The molecule has 0 atom stereocenters. The SMILES string of the molecule is CNC1(C)CCN(c2ccc(F)c(Cl)c2)CC1. The van der Waals surface area contributed by atoms with Crippen molar-refractivity contribution in [2.24, 2.45) is 0 Å². The van der Waals surface area contributed by atoms with Crippen LogP contribution in [0.25, 0.3) is 0 Å². The molecule has 0 aromatic heterocycles. The Morgan fingerprint density at radius 3 is 2.53 bits per heavy atom. The predicted octanol–water partition coefficient (Wildman–Crippen LogP) is 3.06. The van der Waals surface area contributed by atoms with Crippen LogP contribution >= 0.6 is 11.6 Å². The lowest BCUT2D eigenvalue weighted by Crippen LogP contribution is -2.50. The average molecular weight is 257 g/mol. The minimum absolute atomic E-state index is 0.199. The maximum Gasteiger partial charge on any atom is 0.141 e. The first-order valence-corrected chi connectivity index (χ1v) is 6.31. The Labute approximate surface area is 107 Å². The summed E-state index contributed by atoms with van der Waals surface area (Å²) in [6.45, 7) is 4.18. The third kappa shape index (κ3) is 2.72. The van der Waals surface area contributed by atoms with Crippen LogP contribution in [-0.4, -0.2) is 25.7 Å². The topological polar surface area (TPSA) is 15.3 Å². The summed E-state index contributed by atoms with van der Waals surface area (Å²) in [5.41, 5.74) is 1.23. The summed E-state index contributed by atoms with van der Waals surface area (Å²) in [7, 11) is 2.00. The van der Waals surface area contributed by atoms with Gasteiger partial charge in [-0.2, -0.15) is 0 Å². The van der Waals surface area contributed by atoms with Crippen LogP contribution in [0.1, 0.15) is 19.8 Å². The first kappa shape index (κ1) is 12.7. The minimum Gasteiger partial charge on any atom is -0.371 e. The van der Waals surface area contributed by atoms with Crippen LogP contribution < -0.4 is 10.2 Å². The number of rotatable bonds is 2. The molecule has 0 spiro atoms. The quantitative estimate of drug-likeness (QED) is 0.875. The standard InChI is InChI=1S/C13H18ClFN2/c1-13(16-2)5-7-17(8-6-13)10-3-4-12(15)11(14)9-10/h3-4,9,16H,5-8H2,1-2H3. The van der Waals surface area contributed by atoms with E-state index < -0.39 is 0 Å². The zero-order chi connectivity index (χ0) is 12.5. The van der Waals surface area contributed by atoms with Crippen LogP contribution in [-0.2, 0) is 0 Å². The van der Waals surface area contributed by atoms with Gasteiger partial charge in [0.05, 0.1) is 5.02 Å². The van der Waals surface area contributed by atoms with Gasteiger partial charge < -0.3 is 10.2 Å². The number of nitrogens with zero attached hydrogens (tertiary/aromatic N) is 1. The van der Waals surface area contributed by atoms with Gasteiger partial charge in [0.2, 0.25) is 0 Å². The predicted molar refractivity (Wildman–Crippen MR) is 70.3 cm³/mol. The van der Waals surface area contributed by atoms with Crippen molar-refractivity contribution in [2.75, 3.05) is 25.0 Å².